The van der Waals surface area contributed by atoms with Gasteiger partial charge in [0.05, 0.1) is 7.11 Å². The van der Waals surface area contributed by atoms with E-state index in [4.69, 9.17) is 4.74 Å². The molecule has 0 radical (unpaired) electrons. The van der Waals surface area contributed by atoms with Crippen LogP contribution < -0.4 is 10.1 Å². The van der Waals surface area contributed by atoms with Crippen LogP contribution in [0.4, 0.5) is 0 Å². The van der Waals surface area contributed by atoms with Crippen molar-refractivity contribution in [3.63, 3.8) is 0 Å². The first-order valence-electron chi connectivity index (χ1n) is 13.1. The van der Waals surface area contributed by atoms with Crippen molar-refractivity contribution in [2.24, 2.45) is 23.2 Å². The number of aryl methyl sites for hydroxylation is 1. The highest BCUT2D eigenvalue weighted by Gasteiger charge is 2.58. The minimum Gasteiger partial charge on any atom is -0.504 e. The van der Waals surface area contributed by atoms with Crippen LogP contribution in [0, 0.1) is 23.2 Å². The average molecular weight is 476 g/mol. The van der Waals surface area contributed by atoms with E-state index >= 15 is 0 Å². The number of phenolic OH excluding ortho intramolecular Hbond substituents is 1. The number of carbonyl (C=O) groups is 2. The molecule has 5 nitrogen and oxygen atoms in total. The summed E-state index contributed by atoms with van der Waals surface area (Å²) in [7, 11) is 1.60. The topological polar surface area (TPSA) is 75.6 Å². The zero-order chi connectivity index (χ0) is 24.6. The Balaban J connectivity index is 1.26. The van der Waals surface area contributed by atoms with E-state index in [1.54, 1.807) is 7.11 Å². The van der Waals surface area contributed by atoms with Gasteiger partial charge in [-0.1, -0.05) is 37.3 Å². The largest absolute Gasteiger partial charge is 0.504 e. The van der Waals surface area contributed by atoms with E-state index < -0.39 is 0 Å². The quantitative estimate of drug-likeness (QED) is 0.551. The summed E-state index contributed by atoms with van der Waals surface area (Å²) in [6.07, 6.45) is 6.85. The third-order valence-electron chi connectivity index (χ3n) is 9.18. The molecule has 0 bridgehead atoms. The first kappa shape index (κ1) is 23.9. The van der Waals surface area contributed by atoms with Gasteiger partial charge < -0.3 is 15.2 Å². The minimum absolute atomic E-state index is 0.0842. The molecule has 3 aliphatic carbocycles. The van der Waals surface area contributed by atoms with Crippen molar-refractivity contribution in [1.29, 1.82) is 0 Å². The summed E-state index contributed by atoms with van der Waals surface area (Å²) < 4.78 is 5.42. The maximum absolute atomic E-state index is 13.2. The molecule has 0 spiro atoms. The van der Waals surface area contributed by atoms with Gasteiger partial charge in [-0.25, -0.2) is 0 Å². The Morgan fingerprint density at radius 2 is 2.00 bits per heavy atom. The number of ether oxygens (including phenoxy) is 1. The Morgan fingerprint density at radius 3 is 2.77 bits per heavy atom. The van der Waals surface area contributed by atoms with Crippen molar-refractivity contribution >= 4 is 11.7 Å². The fourth-order valence-corrected chi connectivity index (χ4v) is 7.49. The lowest BCUT2D eigenvalue weighted by Crippen LogP contribution is -2.44. The van der Waals surface area contributed by atoms with Crippen molar-refractivity contribution in [3.8, 4) is 11.5 Å². The second kappa shape index (κ2) is 9.67. The van der Waals surface area contributed by atoms with Crippen LogP contribution >= 0.6 is 0 Å². The maximum atomic E-state index is 13.2. The highest BCUT2D eigenvalue weighted by atomic mass is 16.5. The van der Waals surface area contributed by atoms with Crippen molar-refractivity contribution < 1.29 is 19.4 Å². The zero-order valence-electron chi connectivity index (χ0n) is 20.9. The standard InChI is InChI=1S/C30H37NO4/c1-30-14-13-22-23(12-11-20-15-25(32)26(35-2)17-24(20)22)29(30)21(16-27(30)33)9-6-10-28(34)31-18-19-7-4-3-5-8-19/h3-5,7-8,15,17,21-23,29,32H,6,9-14,16,18H2,1-2H3,(H,31,34)/t21-,22-,23+,29-,30+/m0/s1. The number of phenols is 1. The molecular weight excluding hydrogens is 438 g/mol. The van der Waals surface area contributed by atoms with E-state index in [1.165, 1.54) is 11.1 Å². The Kier molecular flexibility index (Phi) is 6.61. The second-order valence-electron chi connectivity index (χ2n) is 11.1. The molecule has 2 saturated carbocycles. The minimum atomic E-state index is -0.236. The average Bonchev–Trinajstić information content (AvgIpc) is 3.12. The van der Waals surface area contributed by atoms with E-state index in [0.29, 0.717) is 54.6 Å². The molecule has 0 aromatic heterocycles. The van der Waals surface area contributed by atoms with E-state index in [-0.39, 0.29) is 17.1 Å². The lowest BCUT2D eigenvalue weighted by molar-refractivity contribution is -0.129. The van der Waals surface area contributed by atoms with E-state index in [1.807, 2.05) is 42.5 Å². The Hall–Kier alpha value is -2.82. The smallest absolute Gasteiger partial charge is 0.220 e. The zero-order valence-corrected chi connectivity index (χ0v) is 20.9. The van der Waals surface area contributed by atoms with E-state index in [2.05, 4.69) is 12.2 Å². The van der Waals surface area contributed by atoms with Gasteiger partial charge in [0.2, 0.25) is 5.91 Å². The normalized spacial score (nSPS) is 29.1. The molecule has 1 amide bonds. The molecule has 0 aliphatic heterocycles. The predicted molar refractivity (Wildman–Crippen MR) is 135 cm³/mol. The van der Waals surface area contributed by atoms with Crippen molar-refractivity contribution in [1.82, 2.24) is 5.32 Å². The molecule has 2 N–H and O–H groups in total. The number of hydrogen-bond donors (Lipinski definition) is 2. The summed E-state index contributed by atoms with van der Waals surface area (Å²) in [4.78, 5) is 25.7. The number of fused-ring (bicyclic) bond motifs is 5. The Bertz CT molecular complexity index is 1100. The molecule has 2 aromatic rings. The summed E-state index contributed by atoms with van der Waals surface area (Å²) in [6, 6.07) is 13.9. The molecule has 0 unspecified atom stereocenters. The number of hydrogen-bond acceptors (Lipinski definition) is 4. The molecule has 5 atom stereocenters. The third-order valence-corrected chi connectivity index (χ3v) is 9.18. The molecule has 35 heavy (non-hydrogen) atoms. The van der Waals surface area contributed by atoms with Gasteiger partial charge in [0.1, 0.15) is 5.78 Å². The second-order valence-corrected chi connectivity index (χ2v) is 11.1. The number of nitrogens with one attached hydrogen (secondary N) is 1. The van der Waals surface area contributed by atoms with E-state index in [9.17, 15) is 14.7 Å². The van der Waals surface area contributed by atoms with Gasteiger partial charge in [-0.3, -0.25) is 9.59 Å². The lowest BCUT2D eigenvalue weighted by Gasteiger charge is -2.50. The molecule has 186 valence electrons. The summed E-state index contributed by atoms with van der Waals surface area (Å²) >= 11 is 0. The predicted octanol–water partition coefficient (Wildman–Crippen LogP) is 5.54. The SMILES string of the molecule is COc1cc2c(cc1O)CC[C@H]1[C@@H]3[C@@H](CCCC(=O)NCc4ccccc4)CC(=O)[C@@]3(C)CC[C@H]21. The van der Waals surface area contributed by atoms with Crippen molar-refractivity contribution in [3.05, 3.63) is 59.2 Å². The number of aromatic hydroxyl groups is 1. The summed E-state index contributed by atoms with van der Waals surface area (Å²) in [5.74, 6) is 2.86. The van der Waals surface area contributed by atoms with Crippen molar-refractivity contribution in [2.45, 2.75) is 70.8 Å². The van der Waals surface area contributed by atoms with Gasteiger partial charge in [0, 0.05) is 24.8 Å². The van der Waals surface area contributed by atoms with E-state index in [0.717, 1.165) is 44.1 Å². The van der Waals surface area contributed by atoms with Gasteiger partial charge >= 0.3 is 0 Å². The number of amides is 1. The molecule has 0 heterocycles. The summed E-state index contributed by atoms with van der Waals surface area (Å²) in [6.45, 7) is 2.76. The van der Waals surface area contributed by atoms with Crippen LogP contribution in [0.5, 0.6) is 11.5 Å². The van der Waals surface area contributed by atoms with Crippen LogP contribution in [0.25, 0.3) is 0 Å². The molecule has 5 heteroatoms. The van der Waals surface area contributed by atoms with Crippen LogP contribution in [0.1, 0.15) is 74.5 Å². The number of carbonyl (C=O) groups excluding carboxylic acids is 2. The highest BCUT2D eigenvalue weighted by molar-refractivity contribution is 5.87. The fraction of sp³-hybridized carbons (Fsp3) is 0.533. The van der Waals surface area contributed by atoms with Crippen LogP contribution in [0.3, 0.4) is 0 Å². The van der Waals surface area contributed by atoms with Gasteiger partial charge in [-0.2, -0.15) is 0 Å². The van der Waals surface area contributed by atoms with Crippen LogP contribution in [0.2, 0.25) is 0 Å². The number of methoxy groups -OCH3 is 1. The first-order chi connectivity index (χ1) is 16.9. The molecule has 5 rings (SSSR count). The number of Topliss-reactive ketones (excluding diaryl/α,β-unsaturated/α-hetero) is 1. The number of rotatable bonds is 7. The molecule has 2 aromatic carbocycles. The first-order valence-corrected chi connectivity index (χ1v) is 13.1. The Labute approximate surface area is 208 Å². The third kappa shape index (κ3) is 4.46. The maximum Gasteiger partial charge on any atom is 0.220 e. The van der Waals surface area contributed by atoms with Gasteiger partial charge in [0.25, 0.3) is 0 Å². The fourth-order valence-electron chi connectivity index (χ4n) is 7.49. The van der Waals surface area contributed by atoms with Gasteiger partial charge in [-0.15, -0.1) is 0 Å². The van der Waals surface area contributed by atoms with Gasteiger partial charge in [-0.05, 0) is 91.0 Å². The Morgan fingerprint density at radius 1 is 1.20 bits per heavy atom. The van der Waals surface area contributed by atoms with Crippen LogP contribution in [-0.4, -0.2) is 23.9 Å². The highest BCUT2D eigenvalue weighted by Crippen LogP contribution is 2.62. The summed E-state index contributed by atoms with van der Waals surface area (Å²) in [5, 5.41) is 13.3. The monoisotopic (exact) mass is 475 g/mol. The molecular formula is C30H37NO4. The van der Waals surface area contributed by atoms with Crippen molar-refractivity contribution in [2.75, 3.05) is 7.11 Å². The molecule has 0 saturated heterocycles. The molecule has 3 aliphatic rings. The lowest BCUT2D eigenvalue weighted by atomic mass is 9.54. The number of ketones is 1. The number of benzene rings is 2. The van der Waals surface area contributed by atoms with Crippen LogP contribution in [-0.2, 0) is 22.6 Å². The molecule has 2 fully saturated rings. The summed E-state index contributed by atoms with van der Waals surface area (Å²) in [5.41, 5.74) is 3.40. The van der Waals surface area contributed by atoms with Gasteiger partial charge in [0.15, 0.2) is 11.5 Å². The van der Waals surface area contributed by atoms with Crippen LogP contribution in [0.15, 0.2) is 42.5 Å².